The average Bonchev–Trinajstić information content (AvgIpc) is 2.94. The molecule has 28 heavy (non-hydrogen) atoms. The van der Waals surface area contributed by atoms with Gasteiger partial charge in [0.25, 0.3) is 5.91 Å². The van der Waals surface area contributed by atoms with Crippen molar-refractivity contribution in [3.05, 3.63) is 70.6 Å². The number of aliphatic carboxylic acids is 1. The van der Waals surface area contributed by atoms with Crippen LogP contribution in [0.2, 0.25) is 0 Å². The molecule has 3 rings (SSSR count). The number of hydrogen-bond acceptors (Lipinski definition) is 5. The number of carboxylic acids is 1. The average molecular weight is 413 g/mol. The smallest absolute Gasteiger partial charge is 0.323 e. The molecular weight excluding hydrogens is 392 g/mol. The number of benzene rings is 2. The number of likely N-dealkylation sites (N-methyl/N-ethyl adjacent to an activating group) is 1. The Morgan fingerprint density at radius 1 is 1.18 bits per heavy atom. The van der Waals surface area contributed by atoms with Gasteiger partial charge in [0.1, 0.15) is 10.9 Å². The number of carbonyl (C=O) groups is 2. The molecular formula is C21H20N2O3S2. The Kier molecular flexibility index (Phi) is 6.49. The molecule has 0 radical (unpaired) electrons. The van der Waals surface area contributed by atoms with Gasteiger partial charge in [-0.2, -0.15) is 0 Å². The largest absolute Gasteiger partial charge is 0.480 e. The highest BCUT2D eigenvalue weighted by molar-refractivity contribution is 8.26. The van der Waals surface area contributed by atoms with E-state index >= 15 is 0 Å². The minimum atomic E-state index is -1.08. The van der Waals surface area contributed by atoms with Crippen LogP contribution in [-0.2, 0) is 16.0 Å². The summed E-state index contributed by atoms with van der Waals surface area (Å²) in [7, 11) is 2.05. The fourth-order valence-electron chi connectivity index (χ4n) is 2.82. The lowest BCUT2D eigenvalue weighted by molar-refractivity contribution is -0.140. The van der Waals surface area contributed by atoms with Crippen LogP contribution in [0.3, 0.4) is 0 Å². The zero-order valence-corrected chi connectivity index (χ0v) is 17.0. The number of thioether (sulfide) groups is 1. The van der Waals surface area contributed by atoms with Crippen molar-refractivity contribution in [2.45, 2.75) is 6.42 Å². The van der Waals surface area contributed by atoms with Crippen LogP contribution in [0, 0.1) is 0 Å². The van der Waals surface area contributed by atoms with Gasteiger partial charge >= 0.3 is 5.97 Å². The van der Waals surface area contributed by atoms with Gasteiger partial charge in [-0.1, -0.05) is 66.4 Å². The van der Waals surface area contributed by atoms with E-state index in [2.05, 4.69) is 24.1 Å². The Morgan fingerprint density at radius 2 is 1.86 bits per heavy atom. The second kappa shape index (κ2) is 9.03. The van der Waals surface area contributed by atoms with Gasteiger partial charge in [0.05, 0.1) is 4.91 Å². The van der Waals surface area contributed by atoms with Crippen LogP contribution >= 0.6 is 24.0 Å². The van der Waals surface area contributed by atoms with Crippen molar-refractivity contribution in [2.75, 3.05) is 25.0 Å². The van der Waals surface area contributed by atoms with E-state index in [4.69, 9.17) is 17.3 Å². The Morgan fingerprint density at radius 3 is 2.50 bits per heavy atom. The van der Waals surface area contributed by atoms with E-state index in [1.165, 1.54) is 5.56 Å². The van der Waals surface area contributed by atoms with E-state index in [0.29, 0.717) is 4.91 Å². The minimum absolute atomic E-state index is 0.274. The molecule has 2 aromatic carbocycles. The number of anilines is 1. The van der Waals surface area contributed by atoms with Crippen molar-refractivity contribution in [3.8, 4) is 0 Å². The number of thiocarbonyl (C=S) groups is 1. The van der Waals surface area contributed by atoms with E-state index in [9.17, 15) is 9.59 Å². The zero-order chi connectivity index (χ0) is 20.1. The highest BCUT2D eigenvalue weighted by Crippen LogP contribution is 2.32. The molecule has 1 aliphatic rings. The molecule has 0 aromatic heterocycles. The summed E-state index contributed by atoms with van der Waals surface area (Å²) in [5.41, 5.74) is 3.26. The summed E-state index contributed by atoms with van der Waals surface area (Å²) in [5, 5.41) is 8.90. The number of hydrogen-bond donors (Lipinski definition) is 1. The third-order valence-corrected chi connectivity index (χ3v) is 5.76. The first kappa shape index (κ1) is 20.1. The first-order valence-corrected chi connectivity index (χ1v) is 9.99. The van der Waals surface area contributed by atoms with Crippen molar-refractivity contribution in [1.82, 2.24) is 4.90 Å². The molecule has 1 fully saturated rings. The van der Waals surface area contributed by atoms with E-state index < -0.39 is 12.5 Å². The summed E-state index contributed by atoms with van der Waals surface area (Å²) in [5.74, 6) is -1.44. The van der Waals surface area contributed by atoms with Gasteiger partial charge < -0.3 is 10.0 Å². The van der Waals surface area contributed by atoms with Crippen LogP contribution in [0.15, 0.2) is 59.5 Å². The van der Waals surface area contributed by atoms with Gasteiger partial charge in [-0.25, -0.2) is 0 Å². The van der Waals surface area contributed by atoms with Crippen LogP contribution in [0.1, 0.15) is 11.1 Å². The molecule has 1 aliphatic heterocycles. The molecule has 2 aromatic rings. The van der Waals surface area contributed by atoms with Crippen molar-refractivity contribution < 1.29 is 14.7 Å². The van der Waals surface area contributed by atoms with Crippen molar-refractivity contribution in [3.63, 3.8) is 0 Å². The predicted octanol–water partition coefficient (Wildman–Crippen LogP) is 3.65. The number of carbonyl (C=O) groups excluding carboxylic acids is 1. The maximum absolute atomic E-state index is 12.3. The Labute approximate surface area is 173 Å². The summed E-state index contributed by atoms with van der Waals surface area (Å²) in [6.07, 6.45) is 2.71. The third kappa shape index (κ3) is 4.99. The second-order valence-electron chi connectivity index (χ2n) is 6.41. The minimum Gasteiger partial charge on any atom is -0.480 e. The molecule has 0 bridgehead atoms. The fraction of sp³-hybridized carbons (Fsp3) is 0.190. The predicted molar refractivity (Wildman–Crippen MR) is 117 cm³/mol. The monoisotopic (exact) mass is 412 g/mol. The van der Waals surface area contributed by atoms with Crippen LogP contribution < -0.4 is 4.90 Å². The van der Waals surface area contributed by atoms with Gasteiger partial charge in [-0.3, -0.25) is 14.5 Å². The lowest BCUT2D eigenvalue weighted by Gasteiger charge is -2.19. The maximum Gasteiger partial charge on any atom is 0.323 e. The summed E-state index contributed by atoms with van der Waals surface area (Å²) >= 11 is 6.24. The molecule has 0 aliphatic carbocycles. The summed E-state index contributed by atoms with van der Waals surface area (Å²) < 4.78 is 0.274. The van der Waals surface area contributed by atoms with E-state index in [1.54, 1.807) is 6.08 Å². The molecule has 0 saturated carbocycles. The van der Waals surface area contributed by atoms with Gasteiger partial charge in [0.2, 0.25) is 0 Å². The SMILES string of the molecule is CN(CCc1ccccc1)c1ccc(C=C2SC(=S)N(CC(=O)O)C2=O)cc1. The highest BCUT2D eigenvalue weighted by Gasteiger charge is 2.33. The third-order valence-electron chi connectivity index (χ3n) is 4.38. The number of rotatable bonds is 7. The molecule has 0 atom stereocenters. The highest BCUT2D eigenvalue weighted by atomic mass is 32.2. The first-order chi connectivity index (χ1) is 13.4. The molecule has 5 nitrogen and oxygen atoms in total. The van der Waals surface area contributed by atoms with Crippen molar-refractivity contribution >= 4 is 51.9 Å². The number of nitrogens with zero attached hydrogens (tertiary/aromatic N) is 2. The van der Waals surface area contributed by atoms with E-state index in [0.717, 1.165) is 40.9 Å². The Bertz CT molecular complexity index is 911. The molecule has 1 heterocycles. The van der Waals surface area contributed by atoms with Gasteiger partial charge in [-0.05, 0) is 35.8 Å². The molecule has 0 spiro atoms. The number of amides is 1. The van der Waals surface area contributed by atoms with E-state index in [1.807, 2.05) is 42.5 Å². The standard InChI is InChI=1S/C21H20N2O3S2/c1-22(12-11-15-5-3-2-4-6-15)17-9-7-16(8-10-17)13-18-20(26)23(14-19(24)25)21(27)28-18/h2-10,13H,11-12,14H2,1H3,(H,24,25). The summed E-state index contributed by atoms with van der Waals surface area (Å²) in [6, 6.07) is 18.3. The molecule has 1 saturated heterocycles. The van der Waals surface area contributed by atoms with Crippen LogP contribution in [0.4, 0.5) is 5.69 Å². The second-order valence-corrected chi connectivity index (χ2v) is 8.09. The van der Waals surface area contributed by atoms with Gasteiger partial charge in [0, 0.05) is 19.3 Å². The topological polar surface area (TPSA) is 60.9 Å². The fourth-order valence-corrected chi connectivity index (χ4v) is 4.07. The van der Waals surface area contributed by atoms with Crippen LogP contribution in [0.5, 0.6) is 0 Å². The summed E-state index contributed by atoms with van der Waals surface area (Å²) in [6.45, 7) is 0.490. The maximum atomic E-state index is 12.3. The van der Waals surface area contributed by atoms with Crippen LogP contribution in [0.25, 0.3) is 6.08 Å². The van der Waals surface area contributed by atoms with E-state index in [-0.39, 0.29) is 10.2 Å². The molecule has 7 heteroatoms. The van der Waals surface area contributed by atoms with Crippen molar-refractivity contribution in [2.24, 2.45) is 0 Å². The Balaban J connectivity index is 1.64. The Hall–Kier alpha value is -2.64. The number of carboxylic acid groups (broad SMARTS) is 1. The van der Waals surface area contributed by atoms with Crippen molar-refractivity contribution in [1.29, 1.82) is 0 Å². The molecule has 1 N–H and O–H groups in total. The van der Waals surface area contributed by atoms with Gasteiger partial charge in [-0.15, -0.1) is 0 Å². The van der Waals surface area contributed by atoms with Crippen LogP contribution in [-0.4, -0.2) is 46.3 Å². The molecule has 1 amide bonds. The van der Waals surface area contributed by atoms with Gasteiger partial charge in [0.15, 0.2) is 0 Å². The first-order valence-electron chi connectivity index (χ1n) is 8.76. The molecule has 0 unspecified atom stereocenters. The molecule has 144 valence electrons. The summed E-state index contributed by atoms with van der Waals surface area (Å²) in [4.78, 5) is 26.9. The lowest BCUT2D eigenvalue weighted by atomic mass is 10.1. The normalized spacial score (nSPS) is 15.3. The zero-order valence-electron chi connectivity index (χ0n) is 15.4. The quantitative estimate of drug-likeness (QED) is 0.553. The lowest BCUT2D eigenvalue weighted by Crippen LogP contribution is -2.33.